The SMILES string of the molecule is CN=C(NCCCOCC1CCOCC1)NCC1(N(C)C)CCOCC1.I. The molecule has 2 aliphatic rings. The third kappa shape index (κ3) is 8.81. The number of hydrogen-bond donors (Lipinski definition) is 2. The second-order valence-electron chi connectivity index (χ2n) is 7.57. The molecule has 0 saturated carbocycles. The Kier molecular flexibility index (Phi) is 12.8. The zero-order valence-electron chi connectivity index (χ0n) is 17.3. The monoisotopic (exact) mass is 498 g/mol. The van der Waals surface area contributed by atoms with Crippen molar-refractivity contribution >= 4 is 29.9 Å². The van der Waals surface area contributed by atoms with E-state index in [0.717, 1.165) is 90.8 Å². The highest BCUT2D eigenvalue weighted by Crippen LogP contribution is 2.24. The minimum Gasteiger partial charge on any atom is -0.381 e. The highest BCUT2D eigenvalue weighted by molar-refractivity contribution is 14.0. The zero-order chi connectivity index (χ0) is 18.7. The van der Waals surface area contributed by atoms with Crippen molar-refractivity contribution in [2.45, 2.75) is 37.6 Å². The number of hydrogen-bond acceptors (Lipinski definition) is 5. The van der Waals surface area contributed by atoms with E-state index >= 15 is 0 Å². The van der Waals surface area contributed by atoms with Gasteiger partial charge in [0.05, 0.1) is 0 Å². The quantitative estimate of drug-likeness (QED) is 0.219. The molecule has 0 spiro atoms. The normalized spacial score (nSPS) is 21.0. The summed E-state index contributed by atoms with van der Waals surface area (Å²) in [4.78, 5) is 6.66. The van der Waals surface area contributed by atoms with E-state index in [4.69, 9.17) is 14.2 Å². The van der Waals surface area contributed by atoms with Crippen LogP contribution in [-0.4, -0.2) is 90.3 Å². The van der Waals surface area contributed by atoms with E-state index in [1.807, 2.05) is 7.05 Å². The molecule has 2 N–H and O–H groups in total. The predicted octanol–water partition coefficient (Wildman–Crippen LogP) is 1.71. The van der Waals surface area contributed by atoms with Gasteiger partial charge in [-0.05, 0) is 52.1 Å². The van der Waals surface area contributed by atoms with Crippen molar-refractivity contribution in [1.29, 1.82) is 0 Å². The number of rotatable bonds is 9. The second kappa shape index (κ2) is 13.9. The molecule has 0 bridgehead atoms. The van der Waals surface area contributed by atoms with Gasteiger partial charge in [-0.25, -0.2) is 0 Å². The Morgan fingerprint density at radius 3 is 2.41 bits per heavy atom. The number of guanidine groups is 1. The highest BCUT2D eigenvalue weighted by Gasteiger charge is 2.34. The molecule has 0 atom stereocenters. The van der Waals surface area contributed by atoms with Crippen LogP contribution in [0, 0.1) is 5.92 Å². The van der Waals surface area contributed by atoms with E-state index in [2.05, 4.69) is 34.6 Å². The van der Waals surface area contributed by atoms with Crippen molar-refractivity contribution in [2.24, 2.45) is 10.9 Å². The maximum Gasteiger partial charge on any atom is 0.191 e. The fourth-order valence-corrected chi connectivity index (χ4v) is 3.55. The molecule has 27 heavy (non-hydrogen) atoms. The van der Waals surface area contributed by atoms with Gasteiger partial charge in [0.1, 0.15) is 0 Å². The molecule has 0 amide bonds. The summed E-state index contributed by atoms with van der Waals surface area (Å²) < 4.78 is 16.7. The molecule has 7 nitrogen and oxygen atoms in total. The van der Waals surface area contributed by atoms with Gasteiger partial charge in [-0.15, -0.1) is 24.0 Å². The third-order valence-electron chi connectivity index (χ3n) is 5.63. The van der Waals surface area contributed by atoms with E-state index < -0.39 is 0 Å². The number of likely N-dealkylation sites (N-methyl/N-ethyl adjacent to an activating group) is 1. The minimum atomic E-state index is 0. The smallest absolute Gasteiger partial charge is 0.191 e. The number of nitrogens with one attached hydrogen (secondary N) is 2. The Balaban J connectivity index is 0.00000364. The molecule has 0 radical (unpaired) electrons. The fourth-order valence-electron chi connectivity index (χ4n) is 3.55. The Bertz CT molecular complexity index is 412. The molecule has 0 aromatic heterocycles. The molecule has 0 aromatic rings. The first-order chi connectivity index (χ1) is 12.7. The summed E-state index contributed by atoms with van der Waals surface area (Å²) >= 11 is 0. The highest BCUT2D eigenvalue weighted by atomic mass is 127. The van der Waals surface area contributed by atoms with Crippen LogP contribution in [0.2, 0.25) is 0 Å². The van der Waals surface area contributed by atoms with Gasteiger partial charge < -0.3 is 29.7 Å². The molecule has 2 fully saturated rings. The Labute approximate surface area is 182 Å². The van der Waals surface area contributed by atoms with Gasteiger partial charge in [0.25, 0.3) is 0 Å². The van der Waals surface area contributed by atoms with Gasteiger partial charge in [-0.3, -0.25) is 4.99 Å². The van der Waals surface area contributed by atoms with Crippen molar-refractivity contribution in [3.8, 4) is 0 Å². The van der Waals surface area contributed by atoms with E-state index in [1.165, 1.54) is 0 Å². The van der Waals surface area contributed by atoms with Crippen molar-refractivity contribution in [1.82, 2.24) is 15.5 Å². The van der Waals surface area contributed by atoms with Crippen molar-refractivity contribution < 1.29 is 14.2 Å². The van der Waals surface area contributed by atoms with Crippen molar-refractivity contribution in [2.75, 3.05) is 73.9 Å². The summed E-state index contributed by atoms with van der Waals surface area (Å²) in [6.45, 7) is 6.84. The van der Waals surface area contributed by atoms with E-state index in [-0.39, 0.29) is 29.5 Å². The lowest BCUT2D eigenvalue weighted by Crippen LogP contribution is -2.57. The average Bonchev–Trinajstić information content (AvgIpc) is 2.68. The van der Waals surface area contributed by atoms with Gasteiger partial charge in [0.2, 0.25) is 0 Å². The van der Waals surface area contributed by atoms with Gasteiger partial charge in [0, 0.05) is 65.3 Å². The number of aliphatic imine (C=N–C) groups is 1. The Morgan fingerprint density at radius 1 is 1.11 bits per heavy atom. The largest absolute Gasteiger partial charge is 0.381 e. The molecule has 0 aromatic carbocycles. The number of nitrogens with zero attached hydrogens (tertiary/aromatic N) is 2. The topological polar surface area (TPSA) is 67.4 Å². The zero-order valence-corrected chi connectivity index (χ0v) is 19.6. The summed E-state index contributed by atoms with van der Waals surface area (Å²) in [6, 6.07) is 0. The summed E-state index contributed by atoms with van der Waals surface area (Å²) in [5.41, 5.74) is 0.142. The lowest BCUT2D eigenvalue weighted by atomic mass is 9.88. The van der Waals surface area contributed by atoms with Crippen LogP contribution >= 0.6 is 24.0 Å². The van der Waals surface area contributed by atoms with E-state index in [1.54, 1.807) is 0 Å². The molecule has 2 aliphatic heterocycles. The maximum atomic E-state index is 5.81. The van der Waals surface area contributed by atoms with Crippen LogP contribution < -0.4 is 10.6 Å². The van der Waals surface area contributed by atoms with Crippen molar-refractivity contribution in [3.63, 3.8) is 0 Å². The molecule has 160 valence electrons. The first kappa shape index (κ1) is 24.9. The summed E-state index contributed by atoms with van der Waals surface area (Å²) in [5, 5.41) is 6.88. The van der Waals surface area contributed by atoms with E-state index in [0.29, 0.717) is 5.92 Å². The van der Waals surface area contributed by atoms with Crippen LogP contribution in [-0.2, 0) is 14.2 Å². The van der Waals surface area contributed by atoms with Crippen LogP contribution in [0.5, 0.6) is 0 Å². The first-order valence-corrected chi connectivity index (χ1v) is 10.0. The van der Waals surface area contributed by atoms with Crippen LogP contribution in [0.1, 0.15) is 32.1 Å². The van der Waals surface area contributed by atoms with Gasteiger partial charge in [-0.1, -0.05) is 0 Å². The first-order valence-electron chi connectivity index (χ1n) is 10.0. The minimum absolute atomic E-state index is 0. The second-order valence-corrected chi connectivity index (χ2v) is 7.57. The molecule has 2 heterocycles. The van der Waals surface area contributed by atoms with Crippen LogP contribution in [0.15, 0.2) is 4.99 Å². The maximum absolute atomic E-state index is 5.81. The third-order valence-corrected chi connectivity index (χ3v) is 5.63. The summed E-state index contributed by atoms with van der Waals surface area (Å²) in [6.07, 6.45) is 5.34. The molecular weight excluding hydrogens is 459 g/mol. The average molecular weight is 498 g/mol. The number of halogens is 1. The molecule has 0 unspecified atom stereocenters. The Hall–Kier alpha value is -0.160. The van der Waals surface area contributed by atoms with Gasteiger partial charge in [0.15, 0.2) is 5.96 Å². The van der Waals surface area contributed by atoms with E-state index in [9.17, 15) is 0 Å². The lowest BCUT2D eigenvalue weighted by Gasteiger charge is -2.43. The molecular formula is C19H39IN4O3. The van der Waals surface area contributed by atoms with Gasteiger partial charge >= 0.3 is 0 Å². The lowest BCUT2D eigenvalue weighted by molar-refractivity contribution is -0.00501. The van der Waals surface area contributed by atoms with Crippen molar-refractivity contribution in [3.05, 3.63) is 0 Å². The molecule has 0 aliphatic carbocycles. The standard InChI is InChI=1S/C19H38N4O3.HI/c1-20-18(22-16-19(23(2)3)7-13-25-14-8-19)21-9-4-10-26-15-17-5-11-24-12-6-17;/h17H,4-16H2,1-3H3,(H2,20,21,22);1H. The summed E-state index contributed by atoms with van der Waals surface area (Å²) in [7, 11) is 6.13. The number of ether oxygens (including phenoxy) is 3. The van der Waals surface area contributed by atoms with Crippen LogP contribution in [0.4, 0.5) is 0 Å². The van der Waals surface area contributed by atoms with Gasteiger partial charge in [-0.2, -0.15) is 0 Å². The van der Waals surface area contributed by atoms with Crippen LogP contribution in [0.3, 0.4) is 0 Å². The molecule has 2 saturated heterocycles. The molecule has 8 heteroatoms. The Morgan fingerprint density at radius 2 is 1.78 bits per heavy atom. The molecule has 2 rings (SSSR count). The fraction of sp³-hybridized carbons (Fsp3) is 0.947. The van der Waals surface area contributed by atoms with Crippen LogP contribution in [0.25, 0.3) is 0 Å². The summed E-state index contributed by atoms with van der Waals surface area (Å²) in [5.74, 6) is 1.54. The predicted molar refractivity (Wildman–Crippen MR) is 120 cm³/mol.